The van der Waals surface area contributed by atoms with Gasteiger partial charge in [0.25, 0.3) is 0 Å². The summed E-state index contributed by atoms with van der Waals surface area (Å²) in [5.41, 5.74) is 3.56. The standard InChI is InChI=1S/C20H14ClNO/c1-14-2-4-16(5-3-14)20-11-10-19(23-20)12-17(13-22)15-6-8-18(21)9-7-15/h2-12H,1H3. The average molecular weight is 320 g/mol. The van der Waals surface area contributed by atoms with Crippen LogP contribution in [0.25, 0.3) is 23.0 Å². The minimum Gasteiger partial charge on any atom is -0.457 e. The van der Waals surface area contributed by atoms with Gasteiger partial charge in [-0.05, 0) is 42.8 Å². The molecule has 0 radical (unpaired) electrons. The van der Waals surface area contributed by atoms with Crippen LogP contribution >= 0.6 is 11.6 Å². The molecule has 1 heterocycles. The third-order valence-corrected chi connectivity index (χ3v) is 3.78. The molecule has 0 amide bonds. The first-order valence-corrected chi connectivity index (χ1v) is 7.58. The van der Waals surface area contributed by atoms with Crippen LogP contribution in [0.3, 0.4) is 0 Å². The van der Waals surface area contributed by atoms with Crippen LogP contribution in [0, 0.1) is 18.3 Å². The number of aryl methyl sites for hydroxylation is 1. The molecule has 0 atom stereocenters. The van der Waals surface area contributed by atoms with Crippen LogP contribution in [0.1, 0.15) is 16.9 Å². The molecule has 0 aliphatic heterocycles. The summed E-state index contributed by atoms with van der Waals surface area (Å²) in [6, 6.07) is 21.3. The van der Waals surface area contributed by atoms with Crippen molar-refractivity contribution >= 4 is 23.3 Å². The molecule has 0 spiro atoms. The van der Waals surface area contributed by atoms with E-state index in [1.165, 1.54) is 5.56 Å². The van der Waals surface area contributed by atoms with E-state index < -0.39 is 0 Å². The molecule has 0 aliphatic rings. The van der Waals surface area contributed by atoms with E-state index >= 15 is 0 Å². The van der Waals surface area contributed by atoms with E-state index in [2.05, 4.69) is 6.07 Å². The summed E-state index contributed by atoms with van der Waals surface area (Å²) in [4.78, 5) is 0. The third kappa shape index (κ3) is 3.53. The Kier molecular flexibility index (Phi) is 4.32. The van der Waals surface area contributed by atoms with Gasteiger partial charge in [-0.2, -0.15) is 5.26 Å². The lowest BCUT2D eigenvalue weighted by Crippen LogP contribution is -1.80. The normalized spacial score (nSPS) is 11.3. The highest BCUT2D eigenvalue weighted by molar-refractivity contribution is 6.30. The molecule has 112 valence electrons. The number of hydrogen-bond acceptors (Lipinski definition) is 2. The number of furan rings is 1. The van der Waals surface area contributed by atoms with Gasteiger partial charge < -0.3 is 4.42 Å². The highest BCUT2D eigenvalue weighted by Gasteiger charge is 2.06. The van der Waals surface area contributed by atoms with E-state index in [-0.39, 0.29) is 0 Å². The average Bonchev–Trinajstić information content (AvgIpc) is 3.03. The summed E-state index contributed by atoms with van der Waals surface area (Å²) in [7, 11) is 0. The number of benzene rings is 2. The van der Waals surface area contributed by atoms with Crippen molar-refractivity contribution in [2.45, 2.75) is 6.92 Å². The monoisotopic (exact) mass is 319 g/mol. The summed E-state index contributed by atoms with van der Waals surface area (Å²) in [6.45, 7) is 2.05. The van der Waals surface area contributed by atoms with Gasteiger partial charge >= 0.3 is 0 Å². The third-order valence-electron chi connectivity index (χ3n) is 3.53. The lowest BCUT2D eigenvalue weighted by molar-refractivity contribution is 0.572. The second kappa shape index (κ2) is 6.56. The van der Waals surface area contributed by atoms with Crippen LogP contribution in [0.4, 0.5) is 0 Å². The van der Waals surface area contributed by atoms with E-state index in [1.54, 1.807) is 18.2 Å². The van der Waals surface area contributed by atoms with Gasteiger partial charge in [-0.3, -0.25) is 0 Å². The van der Waals surface area contributed by atoms with Crippen molar-refractivity contribution in [2.75, 3.05) is 0 Å². The molecule has 23 heavy (non-hydrogen) atoms. The first-order valence-electron chi connectivity index (χ1n) is 7.20. The maximum Gasteiger partial charge on any atom is 0.134 e. The SMILES string of the molecule is Cc1ccc(-c2ccc(C=C(C#N)c3ccc(Cl)cc3)o2)cc1. The number of nitriles is 1. The molecule has 3 aromatic rings. The van der Waals surface area contributed by atoms with Crippen molar-refractivity contribution in [1.82, 2.24) is 0 Å². The van der Waals surface area contributed by atoms with E-state index in [9.17, 15) is 5.26 Å². The lowest BCUT2D eigenvalue weighted by Gasteiger charge is -1.99. The minimum atomic E-state index is 0.534. The molecule has 0 N–H and O–H groups in total. The van der Waals surface area contributed by atoms with Gasteiger partial charge in [0.2, 0.25) is 0 Å². The van der Waals surface area contributed by atoms with Crippen LogP contribution < -0.4 is 0 Å². The summed E-state index contributed by atoms with van der Waals surface area (Å²) in [6.07, 6.45) is 1.74. The Bertz CT molecular complexity index is 881. The maximum absolute atomic E-state index is 9.37. The van der Waals surface area contributed by atoms with Crippen molar-refractivity contribution < 1.29 is 4.42 Å². The molecule has 1 aromatic heterocycles. The zero-order valence-electron chi connectivity index (χ0n) is 12.6. The van der Waals surface area contributed by atoms with Gasteiger partial charge in [-0.1, -0.05) is 53.6 Å². The topological polar surface area (TPSA) is 36.9 Å². The first-order chi connectivity index (χ1) is 11.2. The molecule has 3 heteroatoms. The van der Waals surface area contributed by atoms with Crippen molar-refractivity contribution in [3.05, 3.63) is 82.6 Å². The molecule has 2 aromatic carbocycles. The Morgan fingerprint density at radius 3 is 2.35 bits per heavy atom. The van der Waals surface area contributed by atoms with E-state index in [4.69, 9.17) is 16.0 Å². The predicted octanol–water partition coefficient (Wildman–Crippen LogP) is 5.97. The maximum atomic E-state index is 9.37. The van der Waals surface area contributed by atoms with Crippen LogP contribution in [0.5, 0.6) is 0 Å². The molecule has 0 saturated carbocycles. The molecule has 0 bridgehead atoms. The first kappa shape index (κ1) is 15.1. The van der Waals surface area contributed by atoms with E-state index in [0.717, 1.165) is 16.9 Å². The Morgan fingerprint density at radius 2 is 1.70 bits per heavy atom. The summed E-state index contributed by atoms with van der Waals surface area (Å²) in [5.74, 6) is 1.43. The van der Waals surface area contributed by atoms with Crippen molar-refractivity contribution in [3.8, 4) is 17.4 Å². The molecule has 0 saturated heterocycles. The van der Waals surface area contributed by atoms with E-state index in [0.29, 0.717) is 16.4 Å². The second-order valence-corrected chi connectivity index (χ2v) is 5.68. The van der Waals surface area contributed by atoms with Crippen molar-refractivity contribution in [2.24, 2.45) is 0 Å². The van der Waals surface area contributed by atoms with Crippen LogP contribution in [-0.2, 0) is 0 Å². The Labute approximate surface area is 140 Å². The molecular formula is C20H14ClNO. The Hall–Kier alpha value is -2.76. The van der Waals surface area contributed by atoms with Crippen LogP contribution in [0.2, 0.25) is 5.02 Å². The molecule has 2 nitrogen and oxygen atoms in total. The number of nitrogens with zero attached hydrogens (tertiary/aromatic N) is 1. The molecule has 0 unspecified atom stereocenters. The number of allylic oxidation sites excluding steroid dienone is 1. The summed E-state index contributed by atoms with van der Waals surface area (Å²) < 4.78 is 5.83. The van der Waals surface area contributed by atoms with Gasteiger partial charge in [0.1, 0.15) is 11.5 Å². The summed E-state index contributed by atoms with van der Waals surface area (Å²) in [5, 5.41) is 10.0. The van der Waals surface area contributed by atoms with Gasteiger partial charge in [0.05, 0.1) is 11.6 Å². The summed E-state index contributed by atoms with van der Waals surface area (Å²) >= 11 is 5.88. The Morgan fingerprint density at radius 1 is 1.00 bits per heavy atom. The minimum absolute atomic E-state index is 0.534. The largest absolute Gasteiger partial charge is 0.457 e. The van der Waals surface area contributed by atoms with Crippen LogP contribution in [-0.4, -0.2) is 0 Å². The fourth-order valence-electron chi connectivity index (χ4n) is 2.26. The van der Waals surface area contributed by atoms with Gasteiger partial charge in [-0.25, -0.2) is 0 Å². The fourth-order valence-corrected chi connectivity index (χ4v) is 2.38. The zero-order valence-corrected chi connectivity index (χ0v) is 13.3. The van der Waals surface area contributed by atoms with E-state index in [1.807, 2.05) is 55.5 Å². The highest BCUT2D eigenvalue weighted by atomic mass is 35.5. The highest BCUT2D eigenvalue weighted by Crippen LogP contribution is 2.26. The predicted molar refractivity (Wildman–Crippen MR) is 93.8 cm³/mol. The number of rotatable bonds is 3. The molecular weight excluding hydrogens is 306 g/mol. The molecule has 3 rings (SSSR count). The second-order valence-electron chi connectivity index (χ2n) is 5.24. The quantitative estimate of drug-likeness (QED) is 0.557. The smallest absolute Gasteiger partial charge is 0.134 e. The van der Waals surface area contributed by atoms with Gasteiger partial charge in [0, 0.05) is 10.6 Å². The van der Waals surface area contributed by atoms with Crippen LogP contribution in [0.15, 0.2) is 65.1 Å². The molecule has 0 aliphatic carbocycles. The van der Waals surface area contributed by atoms with Gasteiger partial charge in [0.15, 0.2) is 0 Å². The Balaban J connectivity index is 1.91. The number of hydrogen-bond donors (Lipinski definition) is 0. The number of halogens is 1. The lowest BCUT2D eigenvalue weighted by atomic mass is 10.1. The van der Waals surface area contributed by atoms with Crippen molar-refractivity contribution in [3.63, 3.8) is 0 Å². The fraction of sp³-hybridized carbons (Fsp3) is 0.0500. The van der Waals surface area contributed by atoms with Gasteiger partial charge in [-0.15, -0.1) is 0 Å². The molecule has 0 fully saturated rings. The van der Waals surface area contributed by atoms with Crippen molar-refractivity contribution in [1.29, 1.82) is 5.26 Å². The zero-order chi connectivity index (χ0) is 16.2.